The number of aliphatic carboxylic acids is 1. The zero-order valence-electron chi connectivity index (χ0n) is 10.9. The number of hydrogen-bond acceptors (Lipinski definition) is 3. The monoisotopic (exact) mass is 285 g/mol. The topological polar surface area (TPSA) is 83.5 Å². The maximum atomic E-state index is 11.7. The van der Waals surface area contributed by atoms with Gasteiger partial charge in [-0.3, -0.25) is 4.79 Å². The van der Waals surface area contributed by atoms with Crippen molar-refractivity contribution in [3.05, 3.63) is 35.9 Å². The number of nitrogens with one attached hydrogen (secondary N) is 1. The molecular weight excluding hydrogens is 266 g/mol. The molecule has 2 N–H and O–H groups in total. The largest absolute Gasteiger partial charge is 0.480 e. The van der Waals surface area contributed by atoms with Crippen LogP contribution in [0.2, 0.25) is 0 Å². The van der Waals surface area contributed by atoms with E-state index in [1.54, 1.807) is 24.3 Å². The molecule has 19 heavy (non-hydrogen) atoms. The summed E-state index contributed by atoms with van der Waals surface area (Å²) in [5.74, 6) is -1.20. The highest BCUT2D eigenvalue weighted by atomic mass is 32.2. The smallest absolute Gasteiger partial charge is 0.322 e. The Balaban J connectivity index is 2.71. The molecule has 0 aliphatic carbocycles. The first-order valence-corrected chi connectivity index (χ1v) is 7.86. The Bertz CT molecular complexity index is 499. The lowest BCUT2D eigenvalue weighted by Gasteiger charge is -2.14. The van der Waals surface area contributed by atoms with Crippen LogP contribution in [0.4, 0.5) is 0 Å². The van der Waals surface area contributed by atoms with Crippen LogP contribution in [-0.4, -0.2) is 31.3 Å². The van der Waals surface area contributed by atoms with E-state index in [1.165, 1.54) is 0 Å². The van der Waals surface area contributed by atoms with Crippen molar-refractivity contribution in [2.24, 2.45) is 0 Å². The molecule has 0 bridgehead atoms. The van der Waals surface area contributed by atoms with Gasteiger partial charge < -0.3 is 5.11 Å². The maximum absolute atomic E-state index is 11.7. The van der Waals surface area contributed by atoms with Gasteiger partial charge in [0.1, 0.15) is 6.04 Å². The van der Waals surface area contributed by atoms with Gasteiger partial charge >= 0.3 is 5.97 Å². The number of benzene rings is 1. The van der Waals surface area contributed by atoms with Gasteiger partial charge in [0.2, 0.25) is 10.0 Å². The molecule has 1 aromatic rings. The quantitative estimate of drug-likeness (QED) is 0.756. The number of carboxylic acid groups (broad SMARTS) is 1. The minimum Gasteiger partial charge on any atom is -0.480 e. The summed E-state index contributed by atoms with van der Waals surface area (Å²) in [7, 11) is -3.54. The molecule has 0 aliphatic rings. The predicted octanol–water partition coefficient (Wildman–Crippen LogP) is 1.40. The Labute approximate surface area is 113 Å². The lowest BCUT2D eigenvalue weighted by Crippen LogP contribution is -2.43. The van der Waals surface area contributed by atoms with Gasteiger partial charge in [0, 0.05) is 0 Å². The van der Waals surface area contributed by atoms with E-state index in [0.29, 0.717) is 6.42 Å². The van der Waals surface area contributed by atoms with Gasteiger partial charge in [0.15, 0.2) is 0 Å². The third-order valence-corrected chi connectivity index (χ3v) is 4.14. The molecule has 1 atom stereocenters. The van der Waals surface area contributed by atoms with Crippen molar-refractivity contribution < 1.29 is 18.3 Å². The number of hydrogen-bond donors (Lipinski definition) is 2. The van der Waals surface area contributed by atoms with Crippen LogP contribution < -0.4 is 4.72 Å². The second-order valence-corrected chi connectivity index (χ2v) is 6.24. The summed E-state index contributed by atoms with van der Waals surface area (Å²) >= 11 is 0. The molecular formula is C13H19NO4S. The van der Waals surface area contributed by atoms with E-state index in [9.17, 15) is 13.2 Å². The van der Waals surface area contributed by atoms with E-state index in [0.717, 1.165) is 12.0 Å². The van der Waals surface area contributed by atoms with Crippen LogP contribution in [0.5, 0.6) is 0 Å². The molecule has 0 heterocycles. The van der Waals surface area contributed by atoms with Gasteiger partial charge in [0.05, 0.1) is 5.75 Å². The average molecular weight is 285 g/mol. The molecule has 0 fully saturated rings. The SMILES string of the molecule is CCCCS(=O)(=O)NC(Cc1ccccc1)C(=O)O. The molecule has 1 unspecified atom stereocenters. The van der Waals surface area contributed by atoms with Gasteiger partial charge in [0.25, 0.3) is 0 Å². The predicted molar refractivity (Wildman–Crippen MR) is 73.4 cm³/mol. The summed E-state index contributed by atoms with van der Waals surface area (Å²) in [5.41, 5.74) is 0.785. The summed E-state index contributed by atoms with van der Waals surface area (Å²) in [6.07, 6.45) is 1.41. The normalized spacial score (nSPS) is 13.1. The standard InChI is InChI=1S/C13H19NO4S/c1-2-3-9-19(17,18)14-12(13(15)16)10-11-7-5-4-6-8-11/h4-8,12,14H,2-3,9-10H2,1H3,(H,15,16). The fraction of sp³-hybridized carbons (Fsp3) is 0.462. The van der Waals surface area contributed by atoms with E-state index in [-0.39, 0.29) is 12.2 Å². The minimum atomic E-state index is -3.54. The van der Waals surface area contributed by atoms with Gasteiger partial charge in [-0.05, 0) is 18.4 Å². The number of unbranched alkanes of at least 4 members (excludes halogenated alkanes) is 1. The molecule has 0 radical (unpaired) electrons. The molecule has 0 aromatic heterocycles. The summed E-state index contributed by atoms with van der Waals surface area (Å²) in [5, 5.41) is 9.10. The van der Waals surface area contributed by atoms with E-state index in [4.69, 9.17) is 5.11 Å². The Kier molecular flexibility index (Phi) is 5.98. The highest BCUT2D eigenvalue weighted by molar-refractivity contribution is 7.89. The summed E-state index contributed by atoms with van der Waals surface area (Å²) in [4.78, 5) is 11.1. The highest BCUT2D eigenvalue weighted by Crippen LogP contribution is 2.05. The molecule has 1 aromatic carbocycles. The van der Waals surface area contributed by atoms with Crippen LogP contribution >= 0.6 is 0 Å². The lowest BCUT2D eigenvalue weighted by atomic mass is 10.1. The number of rotatable bonds is 8. The van der Waals surface area contributed by atoms with Crippen molar-refractivity contribution in [2.75, 3.05) is 5.75 Å². The highest BCUT2D eigenvalue weighted by Gasteiger charge is 2.23. The lowest BCUT2D eigenvalue weighted by molar-refractivity contribution is -0.138. The molecule has 0 saturated heterocycles. The second kappa shape index (κ2) is 7.25. The fourth-order valence-electron chi connectivity index (χ4n) is 1.64. The van der Waals surface area contributed by atoms with Gasteiger partial charge in [-0.1, -0.05) is 43.7 Å². The van der Waals surface area contributed by atoms with Crippen molar-refractivity contribution in [3.63, 3.8) is 0 Å². The molecule has 106 valence electrons. The van der Waals surface area contributed by atoms with Crippen LogP contribution in [0.25, 0.3) is 0 Å². The van der Waals surface area contributed by atoms with E-state index in [1.807, 2.05) is 13.0 Å². The number of carboxylic acids is 1. The van der Waals surface area contributed by atoms with E-state index in [2.05, 4.69) is 4.72 Å². The molecule has 0 spiro atoms. The molecule has 6 heteroatoms. The van der Waals surface area contributed by atoms with Crippen molar-refractivity contribution >= 4 is 16.0 Å². The van der Waals surface area contributed by atoms with Crippen molar-refractivity contribution in [1.82, 2.24) is 4.72 Å². The molecule has 0 aliphatic heterocycles. The fourth-order valence-corrected chi connectivity index (χ4v) is 3.04. The third-order valence-electron chi connectivity index (χ3n) is 2.67. The summed E-state index contributed by atoms with van der Waals surface area (Å²) < 4.78 is 25.7. The van der Waals surface area contributed by atoms with Gasteiger partial charge in [-0.15, -0.1) is 0 Å². The number of sulfonamides is 1. The first-order valence-electron chi connectivity index (χ1n) is 6.21. The van der Waals surface area contributed by atoms with E-state index < -0.39 is 22.0 Å². The average Bonchev–Trinajstić information content (AvgIpc) is 2.36. The minimum absolute atomic E-state index is 0.0396. The first-order chi connectivity index (χ1) is 8.94. The van der Waals surface area contributed by atoms with Crippen LogP contribution in [0, 0.1) is 0 Å². The van der Waals surface area contributed by atoms with E-state index >= 15 is 0 Å². The first kappa shape index (κ1) is 15.7. The molecule has 5 nitrogen and oxygen atoms in total. The number of carbonyl (C=O) groups is 1. The Hall–Kier alpha value is -1.40. The maximum Gasteiger partial charge on any atom is 0.322 e. The van der Waals surface area contributed by atoms with Crippen molar-refractivity contribution in [3.8, 4) is 0 Å². The summed E-state index contributed by atoms with van der Waals surface area (Å²) in [6, 6.07) is 7.83. The van der Waals surface area contributed by atoms with Crippen LogP contribution in [-0.2, 0) is 21.2 Å². The van der Waals surface area contributed by atoms with Crippen LogP contribution in [0.3, 0.4) is 0 Å². The van der Waals surface area contributed by atoms with Gasteiger partial charge in [-0.25, -0.2) is 13.1 Å². The Morgan fingerprint density at radius 3 is 2.47 bits per heavy atom. The van der Waals surface area contributed by atoms with Crippen molar-refractivity contribution in [1.29, 1.82) is 0 Å². The van der Waals surface area contributed by atoms with Crippen LogP contribution in [0.15, 0.2) is 30.3 Å². The van der Waals surface area contributed by atoms with Gasteiger partial charge in [-0.2, -0.15) is 0 Å². The summed E-state index contributed by atoms with van der Waals surface area (Å²) in [6.45, 7) is 1.88. The molecule has 0 amide bonds. The molecule has 0 saturated carbocycles. The van der Waals surface area contributed by atoms with Crippen LogP contribution in [0.1, 0.15) is 25.3 Å². The molecule has 1 rings (SSSR count). The second-order valence-electron chi connectivity index (χ2n) is 4.37. The Morgan fingerprint density at radius 1 is 1.32 bits per heavy atom. The van der Waals surface area contributed by atoms with Crippen molar-refractivity contribution in [2.45, 2.75) is 32.2 Å². The zero-order valence-corrected chi connectivity index (χ0v) is 11.7. The zero-order chi connectivity index (χ0) is 14.3. The Morgan fingerprint density at radius 2 is 1.95 bits per heavy atom. The third kappa shape index (κ3) is 5.85.